The number of carbonyl (C=O) groups is 1. The van der Waals surface area contributed by atoms with Gasteiger partial charge in [-0.3, -0.25) is 4.79 Å². The number of aryl methyl sites for hydroxylation is 1. The van der Waals surface area contributed by atoms with Crippen molar-refractivity contribution in [2.45, 2.75) is 6.92 Å². The van der Waals surface area contributed by atoms with Crippen LogP contribution in [-0.2, 0) is 0 Å². The largest absolute Gasteiger partial charge is 0.287 e. The molecule has 0 aliphatic heterocycles. The van der Waals surface area contributed by atoms with E-state index < -0.39 is 0 Å². The molecule has 0 amide bonds. The molecule has 0 unspecified atom stereocenters. The van der Waals surface area contributed by atoms with Crippen LogP contribution in [0.25, 0.3) is 21.7 Å². The molecule has 1 heterocycles. The summed E-state index contributed by atoms with van der Waals surface area (Å²) in [6.07, 6.45) is 0. The highest BCUT2D eigenvalue weighted by atomic mass is 16.1. The number of ketones is 1. The van der Waals surface area contributed by atoms with E-state index in [4.69, 9.17) is 0 Å². The van der Waals surface area contributed by atoms with E-state index in [9.17, 15) is 4.79 Å². The van der Waals surface area contributed by atoms with E-state index in [2.05, 4.69) is 11.1 Å². The second-order valence-electron chi connectivity index (χ2n) is 5.78. The Bertz CT molecular complexity index is 1050. The lowest BCUT2D eigenvalue weighted by atomic mass is 10.0. The van der Waals surface area contributed by atoms with E-state index in [0.717, 1.165) is 21.7 Å². The lowest BCUT2D eigenvalue weighted by molar-refractivity contribution is 0.103. The van der Waals surface area contributed by atoms with Gasteiger partial charge >= 0.3 is 0 Å². The Morgan fingerprint density at radius 1 is 0.783 bits per heavy atom. The van der Waals surface area contributed by atoms with Crippen molar-refractivity contribution >= 4 is 27.5 Å². The first-order valence-electron chi connectivity index (χ1n) is 7.62. The molecule has 23 heavy (non-hydrogen) atoms. The highest BCUT2D eigenvalue weighted by Gasteiger charge is 2.11. The van der Waals surface area contributed by atoms with Crippen molar-refractivity contribution in [2.75, 3.05) is 0 Å². The lowest BCUT2D eigenvalue weighted by Gasteiger charge is -2.05. The van der Waals surface area contributed by atoms with E-state index in [1.54, 1.807) is 6.07 Å². The van der Waals surface area contributed by atoms with E-state index in [-0.39, 0.29) is 5.78 Å². The van der Waals surface area contributed by atoms with E-state index in [0.29, 0.717) is 11.3 Å². The summed E-state index contributed by atoms with van der Waals surface area (Å²) in [5, 5.41) is 3.25. The molecule has 1 aromatic heterocycles. The monoisotopic (exact) mass is 297 g/mol. The molecule has 0 aliphatic carbocycles. The third-order valence-corrected chi connectivity index (χ3v) is 4.09. The highest BCUT2D eigenvalue weighted by Crippen LogP contribution is 2.19. The third-order valence-electron chi connectivity index (χ3n) is 4.09. The quantitative estimate of drug-likeness (QED) is 0.491. The Hall–Kier alpha value is -3.00. The smallest absolute Gasteiger partial charge is 0.211 e. The molecular weight excluding hydrogens is 282 g/mol. The summed E-state index contributed by atoms with van der Waals surface area (Å²) in [6.45, 7) is 2.05. The first kappa shape index (κ1) is 13.6. The van der Waals surface area contributed by atoms with Gasteiger partial charge in [-0.2, -0.15) is 0 Å². The molecule has 0 bridgehead atoms. The predicted octanol–water partition coefficient (Wildman–Crippen LogP) is 4.93. The van der Waals surface area contributed by atoms with E-state index >= 15 is 0 Å². The first-order chi connectivity index (χ1) is 11.2. The Balaban J connectivity index is 1.79. The van der Waals surface area contributed by atoms with Gasteiger partial charge in [-0.1, -0.05) is 54.1 Å². The number of rotatable bonds is 2. The minimum absolute atomic E-state index is 0.0433. The van der Waals surface area contributed by atoms with Gasteiger partial charge in [-0.15, -0.1) is 0 Å². The highest BCUT2D eigenvalue weighted by molar-refractivity contribution is 6.10. The summed E-state index contributed by atoms with van der Waals surface area (Å²) in [6, 6.07) is 23.6. The number of carbonyl (C=O) groups excluding carboxylic acids is 1. The Morgan fingerprint density at radius 2 is 1.57 bits per heavy atom. The molecule has 0 N–H and O–H groups in total. The molecule has 0 spiro atoms. The maximum Gasteiger partial charge on any atom is 0.211 e. The fraction of sp³-hybridized carbons (Fsp3) is 0.0476. The maximum atomic E-state index is 12.7. The standard InChI is InChI=1S/C21H15NO/c1-14-6-10-19-17(12-14)9-11-20(22-19)21(23)18-8-7-15-4-2-3-5-16(15)13-18/h2-13H,1H3. The minimum Gasteiger partial charge on any atom is -0.287 e. The summed E-state index contributed by atoms with van der Waals surface area (Å²) in [7, 11) is 0. The van der Waals surface area contributed by atoms with Crippen molar-refractivity contribution in [3.63, 3.8) is 0 Å². The van der Waals surface area contributed by atoms with Crippen LogP contribution in [0.4, 0.5) is 0 Å². The zero-order valence-electron chi connectivity index (χ0n) is 12.8. The molecule has 0 saturated heterocycles. The van der Waals surface area contributed by atoms with E-state index in [1.807, 2.05) is 67.6 Å². The number of aromatic nitrogens is 1. The van der Waals surface area contributed by atoms with Crippen molar-refractivity contribution in [3.05, 3.63) is 89.6 Å². The summed E-state index contributed by atoms with van der Waals surface area (Å²) in [5.41, 5.74) is 3.19. The van der Waals surface area contributed by atoms with Gasteiger partial charge in [0.2, 0.25) is 5.78 Å². The topological polar surface area (TPSA) is 30.0 Å². The minimum atomic E-state index is -0.0433. The summed E-state index contributed by atoms with van der Waals surface area (Å²) >= 11 is 0. The zero-order valence-corrected chi connectivity index (χ0v) is 12.8. The van der Waals surface area contributed by atoms with Gasteiger partial charge in [0.05, 0.1) is 5.52 Å². The van der Waals surface area contributed by atoms with Gasteiger partial charge in [0.1, 0.15) is 5.69 Å². The van der Waals surface area contributed by atoms with Gasteiger partial charge < -0.3 is 0 Å². The van der Waals surface area contributed by atoms with Crippen molar-refractivity contribution in [2.24, 2.45) is 0 Å². The van der Waals surface area contributed by atoms with Gasteiger partial charge in [-0.25, -0.2) is 4.98 Å². The summed E-state index contributed by atoms with van der Waals surface area (Å²) < 4.78 is 0. The molecule has 4 aromatic rings. The number of hydrogen-bond donors (Lipinski definition) is 0. The number of benzene rings is 3. The second kappa shape index (κ2) is 5.33. The SMILES string of the molecule is Cc1ccc2nc(C(=O)c3ccc4ccccc4c3)ccc2c1. The number of pyridine rings is 1. The zero-order chi connectivity index (χ0) is 15.8. The van der Waals surface area contributed by atoms with Crippen LogP contribution in [0.2, 0.25) is 0 Å². The van der Waals surface area contributed by atoms with Crippen LogP contribution in [0.3, 0.4) is 0 Å². The molecule has 0 aliphatic rings. The molecule has 3 aromatic carbocycles. The van der Waals surface area contributed by atoms with Crippen molar-refractivity contribution in [3.8, 4) is 0 Å². The number of fused-ring (bicyclic) bond motifs is 2. The summed E-state index contributed by atoms with van der Waals surface area (Å²) in [5.74, 6) is -0.0433. The van der Waals surface area contributed by atoms with Gasteiger partial charge in [0.15, 0.2) is 0 Å². The Morgan fingerprint density at radius 3 is 2.43 bits per heavy atom. The van der Waals surface area contributed by atoms with Crippen molar-refractivity contribution in [1.82, 2.24) is 4.98 Å². The molecular formula is C21H15NO. The fourth-order valence-corrected chi connectivity index (χ4v) is 2.85. The van der Waals surface area contributed by atoms with Crippen LogP contribution in [-0.4, -0.2) is 10.8 Å². The second-order valence-corrected chi connectivity index (χ2v) is 5.78. The molecule has 0 atom stereocenters. The lowest BCUT2D eigenvalue weighted by Crippen LogP contribution is -2.04. The molecule has 2 heteroatoms. The molecule has 0 saturated carbocycles. The van der Waals surface area contributed by atoms with Crippen LogP contribution < -0.4 is 0 Å². The van der Waals surface area contributed by atoms with Gasteiger partial charge in [-0.05, 0) is 42.0 Å². The molecule has 0 radical (unpaired) electrons. The summed E-state index contributed by atoms with van der Waals surface area (Å²) in [4.78, 5) is 17.3. The van der Waals surface area contributed by atoms with Crippen LogP contribution in [0.1, 0.15) is 21.6 Å². The Labute approximate surface area is 134 Å². The molecule has 2 nitrogen and oxygen atoms in total. The molecule has 0 fully saturated rings. The van der Waals surface area contributed by atoms with Crippen LogP contribution >= 0.6 is 0 Å². The first-order valence-corrected chi connectivity index (χ1v) is 7.62. The normalized spacial score (nSPS) is 11.0. The predicted molar refractivity (Wildman–Crippen MR) is 93.9 cm³/mol. The average molecular weight is 297 g/mol. The van der Waals surface area contributed by atoms with Gasteiger partial charge in [0, 0.05) is 10.9 Å². The van der Waals surface area contributed by atoms with E-state index in [1.165, 1.54) is 5.56 Å². The number of hydrogen-bond acceptors (Lipinski definition) is 2. The van der Waals surface area contributed by atoms with Crippen molar-refractivity contribution < 1.29 is 4.79 Å². The fourth-order valence-electron chi connectivity index (χ4n) is 2.85. The third kappa shape index (κ3) is 2.49. The molecule has 4 rings (SSSR count). The van der Waals surface area contributed by atoms with Crippen molar-refractivity contribution in [1.29, 1.82) is 0 Å². The maximum absolute atomic E-state index is 12.7. The number of nitrogens with zero attached hydrogens (tertiary/aromatic N) is 1. The van der Waals surface area contributed by atoms with Gasteiger partial charge in [0.25, 0.3) is 0 Å². The van der Waals surface area contributed by atoms with Crippen LogP contribution in [0.15, 0.2) is 72.8 Å². The van der Waals surface area contributed by atoms with Crippen LogP contribution in [0.5, 0.6) is 0 Å². The Kier molecular flexibility index (Phi) is 3.16. The van der Waals surface area contributed by atoms with Crippen LogP contribution in [0, 0.1) is 6.92 Å². The molecule has 110 valence electrons. The average Bonchev–Trinajstić information content (AvgIpc) is 2.60.